The first-order valence-corrected chi connectivity index (χ1v) is 6.03. The molecule has 0 aromatic heterocycles. The van der Waals surface area contributed by atoms with E-state index in [0.29, 0.717) is 24.2 Å². The number of β-lactam (4-membered cyclic amide) rings is 1. The van der Waals surface area contributed by atoms with Gasteiger partial charge in [-0.05, 0) is 24.2 Å². The van der Waals surface area contributed by atoms with Crippen molar-refractivity contribution in [3.05, 3.63) is 11.6 Å². The summed E-state index contributed by atoms with van der Waals surface area (Å²) < 4.78 is 0. The zero-order valence-electron chi connectivity index (χ0n) is 10.1. The minimum Gasteiger partial charge on any atom is -0.349 e. The number of hydrogen-bond acceptors (Lipinski definition) is 1. The van der Waals surface area contributed by atoms with Crippen LogP contribution in [0.5, 0.6) is 0 Å². The van der Waals surface area contributed by atoms with Crippen LogP contribution in [0.15, 0.2) is 11.6 Å². The largest absolute Gasteiger partial charge is 0.349 e. The minimum absolute atomic E-state index is 0.0647. The predicted octanol–water partition coefficient (Wildman–Crippen LogP) is 2.50. The van der Waals surface area contributed by atoms with Crippen LogP contribution in [-0.4, -0.2) is 11.4 Å². The molecule has 1 aliphatic carbocycles. The van der Waals surface area contributed by atoms with Crippen molar-refractivity contribution in [3.63, 3.8) is 0 Å². The Morgan fingerprint density at radius 2 is 2.07 bits per heavy atom. The molecule has 2 rings (SSSR count). The van der Waals surface area contributed by atoms with Crippen LogP contribution in [0.3, 0.4) is 0 Å². The first-order chi connectivity index (χ1) is 7.01. The van der Waals surface area contributed by atoms with Gasteiger partial charge >= 0.3 is 0 Å². The summed E-state index contributed by atoms with van der Waals surface area (Å²) in [7, 11) is 0. The number of nitrogens with one attached hydrogen (secondary N) is 1. The highest BCUT2D eigenvalue weighted by Gasteiger charge is 2.53. The third kappa shape index (κ3) is 1.34. The molecule has 0 bridgehead atoms. The molecule has 1 fully saturated rings. The average molecular weight is 207 g/mol. The monoisotopic (exact) mass is 207 g/mol. The van der Waals surface area contributed by atoms with Gasteiger partial charge in [0.2, 0.25) is 5.91 Å². The summed E-state index contributed by atoms with van der Waals surface area (Å²) >= 11 is 0. The van der Waals surface area contributed by atoms with E-state index in [0.717, 1.165) is 6.42 Å². The molecule has 1 N–H and O–H groups in total. The molecule has 0 aromatic rings. The smallest absolute Gasteiger partial charge is 0.222 e. The second-order valence-corrected chi connectivity index (χ2v) is 5.23. The van der Waals surface area contributed by atoms with Gasteiger partial charge < -0.3 is 5.32 Å². The summed E-state index contributed by atoms with van der Waals surface area (Å²) in [5.74, 6) is 1.86. The maximum atomic E-state index is 11.2. The molecule has 2 aliphatic rings. The van der Waals surface area contributed by atoms with E-state index >= 15 is 0 Å². The van der Waals surface area contributed by atoms with Crippen LogP contribution in [0.25, 0.3) is 0 Å². The van der Waals surface area contributed by atoms with Gasteiger partial charge in [-0.3, -0.25) is 4.79 Å². The zero-order valence-corrected chi connectivity index (χ0v) is 10.1. The van der Waals surface area contributed by atoms with Crippen molar-refractivity contribution < 1.29 is 4.79 Å². The molecular formula is C13H21NO. The number of carbonyl (C=O) groups is 1. The highest BCUT2D eigenvalue weighted by Crippen LogP contribution is 2.46. The van der Waals surface area contributed by atoms with Gasteiger partial charge in [0.1, 0.15) is 0 Å². The molecule has 2 unspecified atom stereocenters. The van der Waals surface area contributed by atoms with E-state index in [2.05, 4.69) is 39.1 Å². The summed E-state index contributed by atoms with van der Waals surface area (Å²) in [5, 5.41) is 3.15. The van der Waals surface area contributed by atoms with Crippen molar-refractivity contribution in [1.29, 1.82) is 0 Å². The summed E-state index contributed by atoms with van der Waals surface area (Å²) in [6, 6.07) is 0. The Kier molecular flexibility index (Phi) is 2.40. The Balaban J connectivity index is 2.29. The molecule has 2 heteroatoms. The summed E-state index contributed by atoms with van der Waals surface area (Å²) in [5.41, 5.74) is 1.62. The molecule has 15 heavy (non-hydrogen) atoms. The molecule has 84 valence electrons. The van der Waals surface area contributed by atoms with Crippen molar-refractivity contribution >= 4 is 5.91 Å². The molecule has 1 saturated heterocycles. The normalized spacial score (nSPS) is 44.7. The molecule has 2 nitrogen and oxygen atoms in total. The van der Waals surface area contributed by atoms with Crippen molar-refractivity contribution in [2.75, 3.05) is 0 Å². The van der Waals surface area contributed by atoms with Crippen LogP contribution in [0.1, 0.15) is 40.5 Å². The molecule has 0 saturated carbocycles. The van der Waals surface area contributed by atoms with Gasteiger partial charge in [-0.2, -0.15) is 0 Å². The highest BCUT2D eigenvalue weighted by molar-refractivity contribution is 5.85. The van der Waals surface area contributed by atoms with Gasteiger partial charge in [0, 0.05) is 0 Å². The first-order valence-electron chi connectivity index (χ1n) is 6.03. The van der Waals surface area contributed by atoms with Crippen LogP contribution in [-0.2, 0) is 4.79 Å². The summed E-state index contributed by atoms with van der Waals surface area (Å²) in [6.45, 7) is 9.03. The Labute approximate surface area is 92.1 Å². The van der Waals surface area contributed by atoms with Gasteiger partial charge in [-0.15, -0.1) is 0 Å². The fourth-order valence-electron chi connectivity index (χ4n) is 3.30. The van der Waals surface area contributed by atoms with E-state index in [4.69, 9.17) is 0 Å². The summed E-state index contributed by atoms with van der Waals surface area (Å²) in [4.78, 5) is 11.2. The van der Waals surface area contributed by atoms with Gasteiger partial charge in [0.15, 0.2) is 0 Å². The Morgan fingerprint density at radius 1 is 1.47 bits per heavy atom. The molecule has 1 spiro atoms. The maximum Gasteiger partial charge on any atom is 0.222 e. The van der Waals surface area contributed by atoms with Crippen LogP contribution < -0.4 is 5.32 Å². The van der Waals surface area contributed by atoms with Gasteiger partial charge in [0.25, 0.3) is 0 Å². The lowest BCUT2D eigenvalue weighted by molar-refractivity contribution is -0.138. The average Bonchev–Trinajstić information content (AvgIpc) is 2.16. The summed E-state index contributed by atoms with van der Waals surface area (Å²) in [6.07, 6.45) is 4.23. The van der Waals surface area contributed by atoms with Gasteiger partial charge in [-0.25, -0.2) is 0 Å². The Morgan fingerprint density at radius 3 is 2.53 bits per heavy atom. The van der Waals surface area contributed by atoms with E-state index in [1.807, 2.05) is 0 Å². The van der Waals surface area contributed by atoms with Crippen molar-refractivity contribution in [2.45, 2.75) is 46.1 Å². The van der Waals surface area contributed by atoms with E-state index in [-0.39, 0.29) is 11.4 Å². The maximum absolute atomic E-state index is 11.2. The number of hydrogen-bond donors (Lipinski definition) is 1. The lowest BCUT2D eigenvalue weighted by atomic mass is 9.59. The van der Waals surface area contributed by atoms with Crippen LogP contribution in [0.4, 0.5) is 0 Å². The second-order valence-electron chi connectivity index (χ2n) is 5.23. The van der Waals surface area contributed by atoms with Crippen molar-refractivity contribution in [3.8, 4) is 0 Å². The number of amides is 1. The van der Waals surface area contributed by atoms with E-state index in [9.17, 15) is 4.79 Å². The molecule has 0 aromatic carbocycles. The third-order valence-electron chi connectivity index (χ3n) is 4.66. The number of rotatable bonds is 1. The number of carbonyl (C=O) groups excluding carboxylic acids is 1. The fourth-order valence-corrected chi connectivity index (χ4v) is 3.30. The van der Waals surface area contributed by atoms with Crippen LogP contribution in [0.2, 0.25) is 0 Å². The molecule has 4 atom stereocenters. The first kappa shape index (κ1) is 10.7. The van der Waals surface area contributed by atoms with Gasteiger partial charge in [0.05, 0.1) is 12.0 Å². The molecule has 1 amide bonds. The fraction of sp³-hybridized carbons (Fsp3) is 0.769. The molecule has 1 aliphatic heterocycles. The highest BCUT2D eigenvalue weighted by atomic mass is 16.2. The van der Waals surface area contributed by atoms with Crippen LogP contribution in [0, 0.1) is 17.8 Å². The Hall–Kier alpha value is -0.790. The molecular weight excluding hydrogens is 186 g/mol. The predicted molar refractivity (Wildman–Crippen MR) is 61.4 cm³/mol. The van der Waals surface area contributed by atoms with E-state index < -0.39 is 0 Å². The van der Waals surface area contributed by atoms with E-state index in [1.54, 1.807) is 5.57 Å². The minimum atomic E-state index is 0.0647. The Bertz CT molecular complexity index is 310. The van der Waals surface area contributed by atoms with Crippen molar-refractivity contribution in [1.82, 2.24) is 5.32 Å². The molecule has 1 heterocycles. The second kappa shape index (κ2) is 3.36. The number of allylic oxidation sites excluding steroid dienone is 1. The van der Waals surface area contributed by atoms with Crippen LogP contribution >= 0.6 is 0 Å². The van der Waals surface area contributed by atoms with Crippen molar-refractivity contribution in [2.24, 2.45) is 17.8 Å². The molecule has 0 radical (unpaired) electrons. The van der Waals surface area contributed by atoms with Gasteiger partial charge in [-0.1, -0.05) is 39.3 Å². The topological polar surface area (TPSA) is 29.1 Å². The standard InChI is InChI=1S/C13H21NO/c1-5-11-6-8(2)13(7-12(15)14-13)10(4)9(11)3/h6,8-10H,5,7H2,1-4H3,(H,14,15)/t8?,9-,10+,13?/m0/s1. The van der Waals surface area contributed by atoms with E-state index in [1.165, 1.54) is 0 Å². The SMILES string of the molecule is CCC1=CC(C)C2(CC(=O)N2)[C@H](C)[C@@H]1C. The quantitative estimate of drug-likeness (QED) is 0.519. The third-order valence-corrected chi connectivity index (χ3v) is 4.66. The lowest BCUT2D eigenvalue weighted by Gasteiger charge is -2.55. The zero-order chi connectivity index (χ0) is 11.2. The lowest BCUT2D eigenvalue weighted by Crippen LogP contribution is -2.69.